The van der Waals surface area contributed by atoms with E-state index in [1.54, 1.807) is 0 Å². The number of rotatable bonds is 6. The summed E-state index contributed by atoms with van der Waals surface area (Å²) in [5, 5.41) is 3.20. The number of hydrogen-bond acceptors (Lipinski definition) is 3. The summed E-state index contributed by atoms with van der Waals surface area (Å²) in [4.78, 5) is 17.4. The summed E-state index contributed by atoms with van der Waals surface area (Å²) >= 11 is 0. The van der Waals surface area contributed by atoms with E-state index < -0.39 is 0 Å². The third-order valence-electron chi connectivity index (χ3n) is 5.46. The zero-order chi connectivity index (χ0) is 18.6. The predicted octanol–water partition coefficient (Wildman–Crippen LogP) is 2.54. The Labute approximate surface area is 153 Å². The van der Waals surface area contributed by atoms with Crippen molar-refractivity contribution in [2.75, 3.05) is 39.8 Å². The Kier molecular flexibility index (Phi) is 7.03. The Bertz CT molecular complexity index is 566. The zero-order valence-electron chi connectivity index (χ0n) is 16.9. The van der Waals surface area contributed by atoms with Crippen LogP contribution in [-0.4, -0.2) is 61.5 Å². The standard InChI is InChI=1S/C21H35N3O/c1-15(2)20(24-9-7-23(6)8-10-24)14-22-21(25)13-19-17(4)11-16(3)12-18(19)5/h11-12,15,20H,7-10,13-14H2,1-6H3,(H,22,25)/t20-/m0/s1. The number of carbonyl (C=O) groups is 1. The lowest BCUT2D eigenvalue weighted by molar-refractivity contribution is -0.120. The number of nitrogens with zero attached hydrogens (tertiary/aromatic N) is 2. The summed E-state index contributed by atoms with van der Waals surface area (Å²) in [7, 11) is 2.18. The van der Waals surface area contributed by atoms with Crippen molar-refractivity contribution in [3.63, 3.8) is 0 Å². The monoisotopic (exact) mass is 345 g/mol. The van der Waals surface area contributed by atoms with E-state index in [0.717, 1.165) is 32.7 Å². The molecule has 2 rings (SSSR count). The van der Waals surface area contributed by atoms with Crippen molar-refractivity contribution < 1.29 is 4.79 Å². The lowest BCUT2D eigenvalue weighted by atomic mass is 9.97. The van der Waals surface area contributed by atoms with Crippen molar-refractivity contribution in [1.29, 1.82) is 0 Å². The first-order chi connectivity index (χ1) is 11.8. The van der Waals surface area contributed by atoms with Crippen LogP contribution < -0.4 is 5.32 Å². The maximum Gasteiger partial charge on any atom is 0.224 e. The van der Waals surface area contributed by atoms with E-state index in [1.165, 1.54) is 22.3 Å². The number of benzene rings is 1. The molecule has 140 valence electrons. The van der Waals surface area contributed by atoms with Gasteiger partial charge in [0.05, 0.1) is 6.42 Å². The van der Waals surface area contributed by atoms with Gasteiger partial charge >= 0.3 is 0 Å². The summed E-state index contributed by atoms with van der Waals surface area (Å²) in [6.07, 6.45) is 0.478. The van der Waals surface area contributed by atoms with Crippen molar-refractivity contribution >= 4 is 5.91 Å². The number of carbonyl (C=O) groups excluding carboxylic acids is 1. The SMILES string of the molecule is Cc1cc(C)c(CC(=O)NC[C@@H](C(C)C)N2CCN(C)CC2)c(C)c1. The molecule has 0 bridgehead atoms. The Hall–Kier alpha value is -1.39. The molecule has 1 atom stereocenters. The van der Waals surface area contributed by atoms with Gasteiger partial charge in [-0.1, -0.05) is 31.5 Å². The van der Waals surface area contributed by atoms with Crippen LogP contribution in [0.4, 0.5) is 0 Å². The fourth-order valence-electron chi connectivity index (χ4n) is 3.87. The molecule has 0 saturated carbocycles. The minimum Gasteiger partial charge on any atom is -0.354 e. The van der Waals surface area contributed by atoms with Gasteiger partial charge in [-0.25, -0.2) is 0 Å². The topological polar surface area (TPSA) is 35.6 Å². The molecule has 1 N–H and O–H groups in total. The summed E-state index contributed by atoms with van der Waals surface area (Å²) in [6, 6.07) is 4.74. The minimum atomic E-state index is 0.134. The molecule has 0 radical (unpaired) electrons. The fraction of sp³-hybridized carbons (Fsp3) is 0.667. The first-order valence-electron chi connectivity index (χ1n) is 9.54. The molecule has 1 aromatic rings. The molecule has 0 spiro atoms. The van der Waals surface area contributed by atoms with Crippen LogP contribution in [0.15, 0.2) is 12.1 Å². The van der Waals surface area contributed by atoms with Gasteiger partial charge in [-0.15, -0.1) is 0 Å². The quantitative estimate of drug-likeness (QED) is 0.861. The van der Waals surface area contributed by atoms with Gasteiger partial charge in [-0.2, -0.15) is 0 Å². The number of piperazine rings is 1. The third kappa shape index (κ3) is 5.55. The molecule has 1 aliphatic heterocycles. The van der Waals surface area contributed by atoms with E-state index in [2.05, 4.69) is 68.9 Å². The number of aryl methyl sites for hydroxylation is 3. The molecule has 4 heteroatoms. The van der Waals surface area contributed by atoms with Crippen LogP contribution >= 0.6 is 0 Å². The summed E-state index contributed by atoms with van der Waals surface area (Å²) in [6.45, 7) is 16.0. The highest BCUT2D eigenvalue weighted by molar-refractivity contribution is 5.79. The van der Waals surface area contributed by atoms with Crippen LogP contribution in [0.5, 0.6) is 0 Å². The molecule has 0 aliphatic carbocycles. The number of nitrogens with one attached hydrogen (secondary N) is 1. The van der Waals surface area contributed by atoms with Gasteiger partial charge in [0.1, 0.15) is 0 Å². The van der Waals surface area contributed by atoms with E-state index in [1.807, 2.05) is 0 Å². The summed E-state index contributed by atoms with van der Waals surface area (Å²) in [5.41, 5.74) is 4.86. The maximum atomic E-state index is 12.5. The fourth-order valence-corrected chi connectivity index (χ4v) is 3.87. The normalized spacial score (nSPS) is 17.7. The van der Waals surface area contributed by atoms with Crippen LogP contribution in [0.3, 0.4) is 0 Å². The van der Waals surface area contributed by atoms with Gasteiger partial charge in [0.2, 0.25) is 5.91 Å². The molecule has 0 unspecified atom stereocenters. The summed E-state index contributed by atoms with van der Waals surface area (Å²) < 4.78 is 0. The van der Waals surface area contributed by atoms with Crippen molar-refractivity contribution in [1.82, 2.24) is 15.1 Å². The van der Waals surface area contributed by atoms with Crippen molar-refractivity contribution in [3.05, 3.63) is 34.4 Å². The van der Waals surface area contributed by atoms with Gasteiger partial charge in [0, 0.05) is 38.8 Å². The largest absolute Gasteiger partial charge is 0.354 e. The van der Waals surface area contributed by atoms with Crippen LogP contribution in [0.2, 0.25) is 0 Å². The van der Waals surface area contributed by atoms with Gasteiger partial charge < -0.3 is 10.2 Å². The van der Waals surface area contributed by atoms with Gasteiger partial charge in [0.25, 0.3) is 0 Å². The van der Waals surface area contributed by atoms with E-state index >= 15 is 0 Å². The molecule has 1 saturated heterocycles. The molecule has 1 amide bonds. The number of amides is 1. The van der Waals surface area contributed by atoms with Crippen molar-refractivity contribution in [2.24, 2.45) is 5.92 Å². The second-order valence-corrected chi connectivity index (χ2v) is 8.01. The third-order valence-corrected chi connectivity index (χ3v) is 5.46. The van der Waals surface area contributed by atoms with Gasteiger partial charge in [-0.05, 0) is 50.4 Å². The number of hydrogen-bond donors (Lipinski definition) is 1. The highest BCUT2D eigenvalue weighted by Gasteiger charge is 2.25. The Morgan fingerprint density at radius 2 is 1.64 bits per heavy atom. The second-order valence-electron chi connectivity index (χ2n) is 8.01. The predicted molar refractivity (Wildman–Crippen MR) is 105 cm³/mol. The van der Waals surface area contributed by atoms with E-state index in [9.17, 15) is 4.79 Å². The van der Waals surface area contributed by atoms with Crippen LogP contribution in [-0.2, 0) is 11.2 Å². The molecule has 1 fully saturated rings. The van der Waals surface area contributed by atoms with E-state index in [-0.39, 0.29) is 5.91 Å². The van der Waals surface area contributed by atoms with E-state index in [0.29, 0.717) is 18.4 Å². The second kappa shape index (κ2) is 8.81. The Balaban J connectivity index is 1.93. The highest BCUT2D eigenvalue weighted by Crippen LogP contribution is 2.17. The average molecular weight is 346 g/mol. The van der Waals surface area contributed by atoms with Crippen LogP contribution in [0.1, 0.15) is 36.1 Å². The lowest BCUT2D eigenvalue weighted by Gasteiger charge is -2.40. The molecular formula is C21H35N3O. The van der Waals surface area contributed by atoms with Crippen LogP contribution in [0, 0.1) is 26.7 Å². The van der Waals surface area contributed by atoms with Crippen molar-refractivity contribution in [3.8, 4) is 0 Å². The van der Waals surface area contributed by atoms with Crippen molar-refractivity contribution in [2.45, 2.75) is 47.1 Å². The minimum absolute atomic E-state index is 0.134. The number of likely N-dealkylation sites (N-methyl/N-ethyl adjacent to an activating group) is 1. The lowest BCUT2D eigenvalue weighted by Crippen LogP contribution is -2.54. The van der Waals surface area contributed by atoms with E-state index in [4.69, 9.17) is 0 Å². The molecular weight excluding hydrogens is 310 g/mol. The first-order valence-corrected chi connectivity index (χ1v) is 9.54. The molecule has 0 aromatic heterocycles. The highest BCUT2D eigenvalue weighted by atomic mass is 16.1. The maximum absolute atomic E-state index is 12.5. The zero-order valence-corrected chi connectivity index (χ0v) is 16.9. The molecule has 1 aliphatic rings. The van der Waals surface area contributed by atoms with Crippen LogP contribution in [0.25, 0.3) is 0 Å². The smallest absolute Gasteiger partial charge is 0.224 e. The molecule has 25 heavy (non-hydrogen) atoms. The first kappa shape index (κ1) is 19.9. The van der Waals surface area contributed by atoms with Gasteiger partial charge in [-0.3, -0.25) is 9.69 Å². The molecule has 4 nitrogen and oxygen atoms in total. The molecule has 1 heterocycles. The molecule has 1 aromatic carbocycles. The Morgan fingerprint density at radius 1 is 1.08 bits per heavy atom. The van der Waals surface area contributed by atoms with Gasteiger partial charge in [0.15, 0.2) is 0 Å². The summed E-state index contributed by atoms with van der Waals surface area (Å²) in [5.74, 6) is 0.668. The average Bonchev–Trinajstić information content (AvgIpc) is 2.52. The Morgan fingerprint density at radius 3 is 2.16 bits per heavy atom.